The molecule has 1 aliphatic heterocycles. The second-order valence-corrected chi connectivity index (χ2v) is 9.83. The lowest BCUT2D eigenvalue weighted by Gasteiger charge is -2.31. The van der Waals surface area contributed by atoms with Crippen molar-refractivity contribution in [3.63, 3.8) is 0 Å². The van der Waals surface area contributed by atoms with Crippen LogP contribution in [0.1, 0.15) is 43.6 Å². The number of nitriles is 1. The van der Waals surface area contributed by atoms with Crippen LogP contribution in [0.3, 0.4) is 0 Å². The normalized spacial score (nSPS) is 15.3. The quantitative estimate of drug-likeness (QED) is 0.466. The van der Waals surface area contributed by atoms with Crippen molar-refractivity contribution in [3.05, 3.63) is 52.1 Å². The second kappa shape index (κ2) is 10.5. The Labute approximate surface area is 200 Å². The molecule has 1 saturated heterocycles. The molecule has 4 rings (SSSR count). The van der Waals surface area contributed by atoms with Gasteiger partial charge in [0.05, 0.1) is 17.4 Å². The van der Waals surface area contributed by atoms with Crippen molar-refractivity contribution >= 4 is 45.6 Å². The smallest absolute Gasteiger partial charge is 0.235 e. The molecule has 10 heteroatoms. The fourth-order valence-electron chi connectivity index (χ4n) is 3.73. The molecule has 1 unspecified atom stereocenters. The first-order valence-electron chi connectivity index (χ1n) is 10.4. The summed E-state index contributed by atoms with van der Waals surface area (Å²) >= 11 is 8.76. The zero-order valence-electron chi connectivity index (χ0n) is 17.6. The number of carbonyl (C=O) groups excluding carboxylic acids is 1. The monoisotopic (exact) mass is 486 g/mol. The Hall–Kier alpha value is -2.38. The van der Waals surface area contributed by atoms with Crippen LogP contribution in [-0.2, 0) is 4.79 Å². The van der Waals surface area contributed by atoms with Gasteiger partial charge in [-0.3, -0.25) is 14.3 Å². The molecule has 1 atom stereocenters. The summed E-state index contributed by atoms with van der Waals surface area (Å²) in [5, 5.41) is 24.5. The predicted octanol–water partition coefficient (Wildman–Crippen LogP) is 5.13. The predicted molar refractivity (Wildman–Crippen MR) is 129 cm³/mol. The number of thioether (sulfide) groups is 1. The highest BCUT2D eigenvalue weighted by molar-refractivity contribution is 7.99. The van der Waals surface area contributed by atoms with Crippen molar-refractivity contribution in [2.75, 3.05) is 24.2 Å². The number of anilines is 1. The van der Waals surface area contributed by atoms with Crippen molar-refractivity contribution in [2.24, 2.45) is 0 Å². The van der Waals surface area contributed by atoms with E-state index in [0.717, 1.165) is 24.6 Å². The molecule has 1 aromatic carbocycles. The number of carbonyl (C=O) groups is 1. The number of aromatic nitrogens is 3. The molecule has 3 aromatic rings. The van der Waals surface area contributed by atoms with E-state index in [1.807, 2.05) is 28.8 Å². The van der Waals surface area contributed by atoms with Gasteiger partial charge in [-0.2, -0.15) is 5.26 Å². The van der Waals surface area contributed by atoms with Crippen molar-refractivity contribution in [3.8, 4) is 11.8 Å². The number of hydrogen-bond acceptors (Lipinski definition) is 7. The number of piperidine rings is 1. The second-order valence-electron chi connectivity index (χ2n) is 7.54. The van der Waals surface area contributed by atoms with Crippen LogP contribution in [0.5, 0.6) is 0 Å². The van der Waals surface area contributed by atoms with Gasteiger partial charge in [-0.05, 0) is 68.6 Å². The molecule has 0 radical (unpaired) electrons. The van der Waals surface area contributed by atoms with E-state index in [1.54, 1.807) is 11.4 Å². The number of amides is 1. The molecule has 1 N–H and O–H groups in total. The zero-order chi connectivity index (χ0) is 22.5. The molecule has 1 fully saturated rings. The minimum Gasteiger partial charge on any atom is -0.316 e. The lowest BCUT2D eigenvalue weighted by molar-refractivity contribution is -0.113. The molecule has 0 bridgehead atoms. The molecular formula is C22H23ClN6OS2. The molecule has 3 heterocycles. The van der Waals surface area contributed by atoms with Gasteiger partial charge in [-0.25, -0.2) is 0 Å². The number of halogens is 1. The van der Waals surface area contributed by atoms with E-state index in [0.29, 0.717) is 20.7 Å². The number of nitrogens with one attached hydrogen (secondary N) is 1. The Balaban J connectivity index is 1.56. The third-order valence-electron chi connectivity index (χ3n) is 5.43. The standard InChI is InChI=1S/C22H23ClN6OS2/c1-15(28-10-3-2-4-11-28)20-26-27-22(29(20)18-7-5-17(23)6-8-18)32-14-19(30)25-21-16(13-24)9-12-31-21/h5-9,12,15H,2-4,10-11,14H2,1H3,(H,25,30). The average Bonchev–Trinajstić information content (AvgIpc) is 3.45. The minimum absolute atomic E-state index is 0.103. The summed E-state index contributed by atoms with van der Waals surface area (Å²) < 4.78 is 2.01. The number of nitrogens with zero attached hydrogens (tertiary/aromatic N) is 5. The largest absolute Gasteiger partial charge is 0.316 e. The van der Waals surface area contributed by atoms with Gasteiger partial charge in [0.2, 0.25) is 5.91 Å². The van der Waals surface area contributed by atoms with Crippen molar-refractivity contribution in [1.29, 1.82) is 5.26 Å². The summed E-state index contributed by atoms with van der Waals surface area (Å²) in [6, 6.07) is 11.4. The number of rotatable bonds is 7. The first-order valence-corrected chi connectivity index (χ1v) is 12.7. The lowest BCUT2D eigenvalue weighted by atomic mass is 10.1. The Morgan fingerprint density at radius 2 is 2.00 bits per heavy atom. The average molecular weight is 487 g/mol. The number of likely N-dealkylation sites (tertiary alicyclic amines) is 1. The Bertz CT molecular complexity index is 1110. The van der Waals surface area contributed by atoms with Gasteiger partial charge in [0, 0.05) is 10.7 Å². The van der Waals surface area contributed by atoms with Crippen LogP contribution in [0.4, 0.5) is 5.00 Å². The highest BCUT2D eigenvalue weighted by atomic mass is 35.5. The molecule has 7 nitrogen and oxygen atoms in total. The Kier molecular flexibility index (Phi) is 7.48. The van der Waals surface area contributed by atoms with Crippen LogP contribution in [-0.4, -0.2) is 44.4 Å². The van der Waals surface area contributed by atoms with Crippen LogP contribution in [0.25, 0.3) is 5.69 Å². The van der Waals surface area contributed by atoms with Crippen LogP contribution < -0.4 is 5.32 Å². The topological polar surface area (TPSA) is 86.8 Å². The summed E-state index contributed by atoms with van der Waals surface area (Å²) in [5.74, 6) is 0.819. The molecular weight excluding hydrogens is 464 g/mol. The van der Waals surface area contributed by atoms with E-state index in [4.69, 9.17) is 16.9 Å². The highest BCUT2D eigenvalue weighted by Gasteiger charge is 2.26. The van der Waals surface area contributed by atoms with E-state index < -0.39 is 0 Å². The number of benzene rings is 1. The van der Waals surface area contributed by atoms with Crippen LogP contribution >= 0.6 is 34.7 Å². The van der Waals surface area contributed by atoms with Crippen LogP contribution in [0.15, 0.2) is 40.9 Å². The maximum Gasteiger partial charge on any atom is 0.235 e. The van der Waals surface area contributed by atoms with E-state index in [9.17, 15) is 4.79 Å². The Morgan fingerprint density at radius 3 is 2.72 bits per heavy atom. The minimum atomic E-state index is -0.190. The van der Waals surface area contributed by atoms with Gasteiger partial charge in [-0.1, -0.05) is 29.8 Å². The zero-order valence-corrected chi connectivity index (χ0v) is 20.0. The van der Waals surface area contributed by atoms with E-state index in [1.165, 1.54) is 42.4 Å². The van der Waals surface area contributed by atoms with Gasteiger partial charge >= 0.3 is 0 Å². The summed E-state index contributed by atoms with van der Waals surface area (Å²) in [7, 11) is 0. The molecule has 0 aliphatic carbocycles. The van der Waals surface area contributed by atoms with E-state index in [2.05, 4.69) is 33.4 Å². The number of hydrogen-bond donors (Lipinski definition) is 1. The van der Waals surface area contributed by atoms with Crippen LogP contribution in [0, 0.1) is 11.3 Å². The third-order valence-corrected chi connectivity index (χ3v) is 7.44. The SMILES string of the molecule is CC(c1nnc(SCC(=O)Nc2sccc2C#N)n1-c1ccc(Cl)cc1)N1CCCCC1. The molecule has 0 saturated carbocycles. The maximum absolute atomic E-state index is 12.5. The van der Waals surface area contributed by atoms with Gasteiger partial charge in [-0.15, -0.1) is 21.5 Å². The fraction of sp³-hybridized carbons (Fsp3) is 0.364. The van der Waals surface area contributed by atoms with E-state index in [-0.39, 0.29) is 17.7 Å². The fourth-order valence-corrected chi connectivity index (χ4v) is 5.37. The maximum atomic E-state index is 12.5. The molecule has 0 spiro atoms. The highest BCUT2D eigenvalue weighted by Crippen LogP contribution is 2.30. The van der Waals surface area contributed by atoms with E-state index >= 15 is 0 Å². The van der Waals surface area contributed by atoms with Crippen molar-refractivity contribution < 1.29 is 4.79 Å². The molecule has 32 heavy (non-hydrogen) atoms. The van der Waals surface area contributed by atoms with Crippen LogP contribution in [0.2, 0.25) is 5.02 Å². The van der Waals surface area contributed by atoms with Crippen molar-refractivity contribution in [1.82, 2.24) is 19.7 Å². The summed E-state index contributed by atoms with van der Waals surface area (Å²) in [6.45, 7) is 4.24. The molecule has 166 valence electrons. The summed E-state index contributed by atoms with van der Waals surface area (Å²) in [5.41, 5.74) is 1.38. The summed E-state index contributed by atoms with van der Waals surface area (Å²) in [4.78, 5) is 14.9. The number of thiophene rings is 1. The van der Waals surface area contributed by atoms with Gasteiger partial charge in [0.15, 0.2) is 11.0 Å². The third kappa shape index (κ3) is 5.15. The molecule has 1 amide bonds. The van der Waals surface area contributed by atoms with Gasteiger partial charge in [0.1, 0.15) is 11.1 Å². The first-order chi connectivity index (χ1) is 15.6. The lowest BCUT2D eigenvalue weighted by Crippen LogP contribution is -2.33. The van der Waals surface area contributed by atoms with Crippen molar-refractivity contribution in [2.45, 2.75) is 37.4 Å². The first kappa shape index (κ1) is 22.8. The van der Waals surface area contributed by atoms with Gasteiger partial charge < -0.3 is 5.32 Å². The molecule has 2 aromatic heterocycles. The molecule has 1 aliphatic rings. The Morgan fingerprint density at radius 1 is 1.25 bits per heavy atom. The summed E-state index contributed by atoms with van der Waals surface area (Å²) in [6.07, 6.45) is 3.64. The van der Waals surface area contributed by atoms with Gasteiger partial charge in [0.25, 0.3) is 0 Å².